The molecule has 2 rings (SSSR count). The number of nitrogens with zero attached hydrogens (tertiary/aromatic N) is 2. The van der Waals surface area contributed by atoms with Gasteiger partial charge in [-0.05, 0) is 38.6 Å². The lowest BCUT2D eigenvalue weighted by atomic mass is 10.1. The summed E-state index contributed by atoms with van der Waals surface area (Å²) in [6.07, 6.45) is 1.41. The van der Waals surface area contributed by atoms with Crippen LogP contribution < -0.4 is 10.1 Å². The van der Waals surface area contributed by atoms with Crippen LogP contribution in [-0.4, -0.2) is 29.8 Å². The predicted octanol–water partition coefficient (Wildman–Crippen LogP) is 2.21. The number of nitrogens with one attached hydrogen (secondary N) is 1. The fraction of sp³-hybridized carbons (Fsp3) is 0.467. The van der Waals surface area contributed by atoms with Gasteiger partial charge in [0, 0.05) is 12.5 Å². The first kappa shape index (κ1) is 14.5. The zero-order valence-corrected chi connectivity index (χ0v) is 12.2. The fourth-order valence-corrected chi connectivity index (χ4v) is 1.87. The second kappa shape index (κ2) is 7.05. The number of likely N-dealkylation sites (N-methyl/N-ethyl adjacent to an activating group) is 1. The highest BCUT2D eigenvalue weighted by Gasteiger charge is 2.10. The van der Waals surface area contributed by atoms with Crippen molar-refractivity contribution in [3.05, 3.63) is 41.5 Å². The molecule has 2 aromatic rings. The van der Waals surface area contributed by atoms with Crippen molar-refractivity contribution in [1.82, 2.24) is 15.5 Å². The Morgan fingerprint density at radius 3 is 2.70 bits per heavy atom. The molecule has 1 N–H and O–H groups in total. The topological polar surface area (TPSA) is 60.2 Å². The van der Waals surface area contributed by atoms with E-state index in [9.17, 15) is 0 Å². The Morgan fingerprint density at radius 2 is 2.05 bits per heavy atom. The van der Waals surface area contributed by atoms with Gasteiger partial charge in [-0.3, -0.25) is 0 Å². The molecule has 1 atom stereocenters. The van der Waals surface area contributed by atoms with Gasteiger partial charge in [-0.2, -0.15) is 4.98 Å². The third kappa shape index (κ3) is 4.06. The van der Waals surface area contributed by atoms with E-state index in [4.69, 9.17) is 9.26 Å². The van der Waals surface area contributed by atoms with Crippen LogP contribution >= 0.6 is 0 Å². The summed E-state index contributed by atoms with van der Waals surface area (Å²) in [6, 6.07) is 8.29. The molecule has 0 aliphatic rings. The van der Waals surface area contributed by atoms with Crippen LogP contribution in [0.5, 0.6) is 5.75 Å². The third-order valence-corrected chi connectivity index (χ3v) is 3.08. The summed E-state index contributed by atoms with van der Waals surface area (Å²) >= 11 is 0. The maximum atomic E-state index is 5.41. The van der Waals surface area contributed by atoms with Crippen molar-refractivity contribution < 1.29 is 9.26 Å². The fourth-order valence-electron chi connectivity index (χ4n) is 1.87. The second-order valence-electron chi connectivity index (χ2n) is 4.75. The van der Waals surface area contributed by atoms with Crippen LogP contribution in [0.15, 0.2) is 28.8 Å². The molecule has 0 saturated heterocycles. The summed E-state index contributed by atoms with van der Waals surface area (Å²) < 4.78 is 10.7. The molecule has 0 amide bonds. The summed E-state index contributed by atoms with van der Waals surface area (Å²) in [5, 5.41) is 7.15. The average molecular weight is 275 g/mol. The van der Waals surface area contributed by atoms with E-state index < -0.39 is 0 Å². The van der Waals surface area contributed by atoms with Gasteiger partial charge in [-0.1, -0.05) is 17.3 Å². The van der Waals surface area contributed by atoms with Crippen molar-refractivity contribution in [2.45, 2.75) is 32.7 Å². The summed E-state index contributed by atoms with van der Waals surface area (Å²) in [5.41, 5.74) is 1.13. The van der Waals surface area contributed by atoms with Crippen molar-refractivity contribution in [2.75, 3.05) is 13.7 Å². The maximum absolute atomic E-state index is 5.41. The summed E-state index contributed by atoms with van der Waals surface area (Å²) in [5.74, 6) is 2.27. The minimum Gasteiger partial charge on any atom is -0.494 e. The monoisotopic (exact) mass is 275 g/mol. The van der Waals surface area contributed by atoms with Crippen molar-refractivity contribution in [1.29, 1.82) is 0 Å². The lowest BCUT2D eigenvalue weighted by molar-refractivity contribution is 0.340. The molecule has 0 bridgehead atoms. The quantitative estimate of drug-likeness (QED) is 0.839. The molecule has 1 aromatic heterocycles. The molecule has 1 aromatic carbocycles. The minimum absolute atomic E-state index is 0.339. The molecular weight excluding hydrogens is 254 g/mol. The summed E-state index contributed by atoms with van der Waals surface area (Å²) in [4.78, 5) is 4.40. The lowest BCUT2D eigenvalue weighted by Gasteiger charge is -2.04. The summed E-state index contributed by atoms with van der Waals surface area (Å²) in [6.45, 7) is 4.73. The Labute approximate surface area is 119 Å². The molecule has 0 spiro atoms. The smallest absolute Gasteiger partial charge is 0.231 e. The number of hydrogen-bond donors (Lipinski definition) is 1. The first-order valence-corrected chi connectivity index (χ1v) is 6.91. The van der Waals surface area contributed by atoms with E-state index in [1.54, 1.807) is 0 Å². The zero-order chi connectivity index (χ0) is 14.4. The Kier molecular flexibility index (Phi) is 5.12. The van der Waals surface area contributed by atoms with Crippen molar-refractivity contribution in [3.8, 4) is 5.75 Å². The Bertz CT molecular complexity index is 522. The van der Waals surface area contributed by atoms with E-state index >= 15 is 0 Å². The molecule has 1 heterocycles. The SMILES string of the molecule is CCOc1ccc(Cc2nc(CC(C)NC)no2)cc1. The molecule has 0 fully saturated rings. The third-order valence-electron chi connectivity index (χ3n) is 3.08. The Hall–Kier alpha value is -1.88. The molecule has 0 aliphatic heterocycles. The standard InChI is InChI=1S/C15H21N3O2/c1-4-19-13-7-5-12(6-8-13)10-15-17-14(18-20-15)9-11(2)16-3/h5-8,11,16H,4,9-10H2,1-3H3. The molecular formula is C15H21N3O2. The molecule has 20 heavy (non-hydrogen) atoms. The normalized spacial score (nSPS) is 12.3. The Morgan fingerprint density at radius 1 is 1.30 bits per heavy atom. The molecule has 0 radical (unpaired) electrons. The van der Waals surface area contributed by atoms with Crippen LogP contribution in [0.1, 0.15) is 31.1 Å². The Balaban J connectivity index is 1.96. The zero-order valence-electron chi connectivity index (χ0n) is 12.2. The number of ether oxygens (including phenoxy) is 1. The van der Waals surface area contributed by atoms with Crippen LogP contribution in [0.2, 0.25) is 0 Å². The largest absolute Gasteiger partial charge is 0.494 e. The highest BCUT2D eigenvalue weighted by molar-refractivity contribution is 5.28. The number of benzene rings is 1. The van der Waals surface area contributed by atoms with Gasteiger partial charge in [-0.15, -0.1) is 0 Å². The van der Waals surface area contributed by atoms with E-state index in [0.29, 0.717) is 25.0 Å². The highest BCUT2D eigenvalue weighted by atomic mass is 16.5. The average Bonchev–Trinajstić information content (AvgIpc) is 2.88. The van der Waals surface area contributed by atoms with E-state index in [2.05, 4.69) is 22.4 Å². The van der Waals surface area contributed by atoms with Gasteiger partial charge in [0.05, 0.1) is 13.0 Å². The van der Waals surface area contributed by atoms with E-state index in [0.717, 1.165) is 23.6 Å². The number of aromatic nitrogens is 2. The van der Waals surface area contributed by atoms with Gasteiger partial charge >= 0.3 is 0 Å². The first-order chi connectivity index (χ1) is 9.71. The van der Waals surface area contributed by atoms with Crippen molar-refractivity contribution >= 4 is 0 Å². The van der Waals surface area contributed by atoms with Gasteiger partial charge < -0.3 is 14.6 Å². The summed E-state index contributed by atoms with van der Waals surface area (Å²) in [7, 11) is 1.92. The second-order valence-corrected chi connectivity index (χ2v) is 4.75. The van der Waals surface area contributed by atoms with Crippen LogP contribution in [0.25, 0.3) is 0 Å². The van der Waals surface area contributed by atoms with Gasteiger partial charge in [0.2, 0.25) is 5.89 Å². The van der Waals surface area contributed by atoms with Gasteiger partial charge in [0.25, 0.3) is 0 Å². The molecule has 0 aliphatic carbocycles. The maximum Gasteiger partial charge on any atom is 0.231 e. The minimum atomic E-state index is 0.339. The number of hydrogen-bond acceptors (Lipinski definition) is 5. The van der Waals surface area contributed by atoms with E-state index in [1.165, 1.54) is 0 Å². The molecule has 0 saturated carbocycles. The van der Waals surface area contributed by atoms with Gasteiger partial charge in [0.1, 0.15) is 5.75 Å². The van der Waals surface area contributed by atoms with Gasteiger partial charge in [-0.25, -0.2) is 0 Å². The van der Waals surface area contributed by atoms with Crippen LogP contribution in [0.3, 0.4) is 0 Å². The highest BCUT2D eigenvalue weighted by Crippen LogP contribution is 2.14. The molecule has 5 nitrogen and oxygen atoms in total. The molecule has 108 valence electrons. The predicted molar refractivity (Wildman–Crippen MR) is 76.9 cm³/mol. The van der Waals surface area contributed by atoms with E-state index in [-0.39, 0.29) is 0 Å². The molecule has 1 unspecified atom stereocenters. The number of rotatable bonds is 7. The van der Waals surface area contributed by atoms with Crippen LogP contribution in [0, 0.1) is 0 Å². The van der Waals surface area contributed by atoms with Crippen LogP contribution in [-0.2, 0) is 12.8 Å². The van der Waals surface area contributed by atoms with Crippen LogP contribution in [0.4, 0.5) is 0 Å². The lowest BCUT2D eigenvalue weighted by Crippen LogP contribution is -2.24. The molecule has 5 heteroatoms. The van der Waals surface area contributed by atoms with E-state index in [1.807, 2.05) is 38.2 Å². The van der Waals surface area contributed by atoms with Crippen molar-refractivity contribution in [2.24, 2.45) is 0 Å². The van der Waals surface area contributed by atoms with Gasteiger partial charge in [0.15, 0.2) is 5.82 Å². The first-order valence-electron chi connectivity index (χ1n) is 6.91. The van der Waals surface area contributed by atoms with Crippen molar-refractivity contribution in [3.63, 3.8) is 0 Å².